The molecule has 0 aliphatic rings. The van der Waals surface area contributed by atoms with Crippen LogP contribution in [0.2, 0.25) is 0 Å². The fraction of sp³-hybridized carbons (Fsp3) is 0.250. The number of aliphatic hydroxyl groups is 1. The largest absolute Gasteiger partial charge is 0.392 e. The van der Waals surface area contributed by atoms with Crippen LogP contribution in [0.15, 0.2) is 27.6 Å². The van der Waals surface area contributed by atoms with Gasteiger partial charge in [-0.1, -0.05) is 6.07 Å². The van der Waals surface area contributed by atoms with E-state index in [1.165, 1.54) is 17.4 Å². The number of anilines is 1. The van der Waals surface area contributed by atoms with Gasteiger partial charge in [0.2, 0.25) is 0 Å². The van der Waals surface area contributed by atoms with Gasteiger partial charge in [-0.15, -0.1) is 11.3 Å². The molecule has 0 amide bonds. The van der Waals surface area contributed by atoms with E-state index in [-0.39, 0.29) is 11.5 Å². The third-order valence-corrected chi connectivity index (χ3v) is 6.15. The van der Waals surface area contributed by atoms with Crippen molar-refractivity contribution in [3.8, 4) is 0 Å². The smallest absolute Gasteiger partial charge is 0.264 e. The summed E-state index contributed by atoms with van der Waals surface area (Å²) < 4.78 is 27.5. The highest BCUT2D eigenvalue weighted by Gasteiger charge is 2.19. The van der Waals surface area contributed by atoms with Crippen LogP contribution in [0.1, 0.15) is 16.1 Å². The van der Waals surface area contributed by atoms with E-state index < -0.39 is 10.0 Å². The maximum atomic E-state index is 12.3. The first-order valence-electron chi connectivity index (χ1n) is 5.69. The van der Waals surface area contributed by atoms with Gasteiger partial charge < -0.3 is 5.11 Å². The SMILES string of the molecule is Cc1nc(NS(=O)(=O)c2ccc(CO)cc2Br)sc1C. The van der Waals surface area contributed by atoms with E-state index >= 15 is 0 Å². The van der Waals surface area contributed by atoms with E-state index in [1.807, 2.05) is 13.8 Å². The number of nitrogens with one attached hydrogen (secondary N) is 1. The number of hydrogen-bond acceptors (Lipinski definition) is 5. The van der Waals surface area contributed by atoms with Crippen molar-refractivity contribution < 1.29 is 13.5 Å². The lowest BCUT2D eigenvalue weighted by Gasteiger charge is -2.08. The van der Waals surface area contributed by atoms with E-state index in [2.05, 4.69) is 25.6 Å². The fourth-order valence-electron chi connectivity index (χ4n) is 1.55. The van der Waals surface area contributed by atoms with Gasteiger partial charge in [-0.05, 0) is 47.5 Å². The molecule has 0 radical (unpaired) electrons. The molecule has 0 aliphatic heterocycles. The summed E-state index contributed by atoms with van der Waals surface area (Å²) in [5.41, 5.74) is 1.44. The van der Waals surface area contributed by atoms with Gasteiger partial charge >= 0.3 is 0 Å². The Morgan fingerprint density at radius 1 is 1.40 bits per heavy atom. The van der Waals surface area contributed by atoms with Crippen LogP contribution in [0.25, 0.3) is 0 Å². The zero-order valence-electron chi connectivity index (χ0n) is 10.8. The van der Waals surface area contributed by atoms with Crippen molar-refractivity contribution in [2.24, 2.45) is 0 Å². The topological polar surface area (TPSA) is 79.3 Å². The molecule has 0 fully saturated rings. The van der Waals surface area contributed by atoms with Crippen molar-refractivity contribution in [3.05, 3.63) is 38.8 Å². The Bertz CT molecular complexity index is 722. The van der Waals surface area contributed by atoms with Crippen LogP contribution in [-0.2, 0) is 16.6 Å². The van der Waals surface area contributed by atoms with Gasteiger partial charge in [0.05, 0.1) is 12.3 Å². The monoisotopic (exact) mass is 376 g/mol. The second-order valence-electron chi connectivity index (χ2n) is 4.19. The molecule has 0 atom stereocenters. The Balaban J connectivity index is 2.35. The van der Waals surface area contributed by atoms with Crippen molar-refractivity contribution in [1.82, 2.24) is 4.98 Å². The summed E-state index contributed by atoms with van der Waals surface area (Å²) >= 11 is 4.50. The highest BCUT2D eigenvalue weighted by Crippen LogP contribution is 2.28. The molecule has 2 aromatic rings. The molecule has 0 unspecified atom stereocenters. The normalized spacial score (nSPS) is 11.6. The van der Waals surface area contributed by atoms with Crippen LogP contribution in [0, 0.1) is 13.8 Å². The number of aryl methyl sites for hydroxylation is 2. The highest BCUT2D eigenvalue weighted by atomic mass is 79.9. The summed E-state index contributed by atoms with van der Waals surface area (Å²) in [7, 11) is -3.70. The lowest BCUT2D eigenvalue weighted by Crippen LogP contribution is -2.13. The number of aliphatic hydroxyl groups excluding tert-OH is 1. The first kappa shape index (κ1) is 15.4. The summed E-state index contributed by atoms with van der Waals surface area (Å²) in [5.74, 6) is 0. The first-order chi connectivity index (χ1) is 9.33. The van der Waals surface area contributed by atoms with Crippen LogP contribution in [0.4, 0.5) is 5.13 Å². The number of sulfonamides is 1. The lowest BCUT2D eigenvalue weighted by molar-refractivity contribution is 0.281. The van der Waals surface area contributed by atoms with Crippen molar-refractivity contribution >= 4 is 42.4 Å². The van der Waals surface area contributed by atoms with Crippen LogP contribution in [0.5, 0.6) is 0 Å². The maximum Gasteiger partial charge on any atom is 0.264 e. The third-order valence-electron chi connectivity index (χ3n) is 2.72. The molecule has 1 aromatic carbocycles. The second kappa shape index (κ2) is 5.80. The molecule has 0 saturated carbocycles. The third kappa shape index (κ3) is 3.20. The van der Waals surface area contributed by atoms with Crippen LogP contribution < -0.4 is 4.72 Å². The molecular weight excluding hydrogens is 364 g/mol. The lowest BCUT2D eigenvalue weighted by atomic mass is 10.2. The van der Waals surface area contributed by atoms with E-state index in [4.69, 9.17) is 5.11 Å². The average molecular weight is 377 g/mol. The average Bonchev–Trinajstić information content (AvgIpc) is 2.66. The van der Waals surface area contributed by atoms with Gasteiger partial charge in [0.15, 0.2) is 5.13 Å². The molecule has 20 heavy (non-hydrogen) atoms. The van der Waals surface area contributed by atoms with Gasteiger partial charge in [-0.2, -0.15) is 0 Å². The Labute approximate surface area is 129 Å². The summed E-state index contributed by atoms with van der Waals surface area (Å²) in [6, 6.07) is 4.59. The number of hydrogen-bond donors (Lipinski definition) is 2. The molecule has 2 N–H and O–H groups in total. The van der Waals surface area contributed by atoms with E-state index in [0.29, 0.717) is 15.2 Å². The zero-order valence-corrected chi connectivity index (χ0v) is 14.1. The molecule has 1 heterocycles. The molecule has 108 valence electrons. The molecule has 0 bridgehead atoms. The van der Waals surface area contributed by atoms with Gasteiger partial charge in [0, 0.05) is 9.35 Å². The summed E-state index contributed by atoms with van der Waals surface area (Å²) in [4.78, 5) is 5.24. The molecule has 2 rings (SSSR count). The minimum atomic E-state index is -3.70. The molecule has 1 aromatic heterocycles. The summed E-state index contributed by atoms with van der Waals surface area (Å²) in [6.07, 6.45) is 0. The molecule has 5 nitrogen and oxygen atoms in total. The Morgan fingerprint density at radius 2 is 2.10 bits per heavy atom. The van der Waals surface area contributed by atoms with E-state index in [9.17, 15) is 8.42 Å². The molecule has 0 spiro atoms. The van der Waals surface area contributed by atoms with Gasteiger partial charge in [0.25, 0.3) is 10.0 Å². The van der Waals surface area contributed by atoms with Crippen LogP contribution >= 0.6 is 27.3 Å². The molecular formula is C12H13BrN2O3S2. The van der Waals surface area contributed by atoms with Crippen molar-refractivity contribution in [2.45, 2.75) is 25.3 Å². The number of halogens is 1. The second-order valence-corrected chi connectivity index (χ2v) is 7.90. The van der Waals surface area contributed by atoms with Crippen molar-refractivity contribution in [1.29, 1.82) is 0 Å². The quantitative estimate of drug-likeness (QED) is 0.859. The van der Waals surface area contributed by atoms with Crippen molar-refractivity contribution in [3.63, 3.8) is 0 Å². The van der Waals surface area contributed by atoms with E-state index in [1.54, 1.807) is 12.1 Å². The fourth-order valence-corrected chi connectivity index (χ4v) is 4.72. The highest BCUT2D eigenvalue weighted by molar-refractivity contribution is 9.10. The summed E-state index contributed by atoms with van der Waals surface area (Å²) in [6.45, 7) is 3.57. The van der Waals surface area contributed by atoms with Gasteiger partial charge in [0.1, 0.15) is 4.90 Å². The number of benzene rings is 1. The maximum absolute atomic E-state index is 12.3. The number of thiazole rings is 1. The predicted molar refractivity (Wildman–Crippen MR) is 82.5 cm³/mol. The molecule has 0 saturated heterocycles. The number of nitrogens with zero attached hydrogens (tertiary/aromatic N) is 1. The first-order valence-corrected chi connectivity index (χ1v) is 8.79. The van der Waals surface area contributed by atoms with Gasteiger partial charge in [-0.3, -0.25) is 4.72 Å². The Morgan fingerprint density at radius 3 is 2.60 bits per heavy atom. The number of aromatic nitrogens is 1. The zero-order chi connectivity index (χ0) is 14.9. The van der Waals surface area contributed by atoms with Crippen LogP contribution in [-0.4, -0.2) is 18.5 Å². The van der Waals surface area contributed by atoms with Gasteiger partial charge in [-0.25, -0.2) is 13.4 Å². The Kier molecular flexibility index (Phi) is 4.48. The minimum absolute atomic E-state index is 0.111. The minimum Gasteiger partial charge on any atom is -0.392 e. The van der Waals surface area contributed by atoms with E-state index in [0.717, 1.165) is 10.6 Å². The number of rotatable bonds is 4. The predicted octanol–water partition coefficient (Wildman–Crippen LogP) is 2.82. The van der Waals surface area contributed by atoms with Crippen LogP contribution in [0.3, 0.4) is 0 Å². The molecule has 8 heteroatoms. The Hall–Kier alpha value is -0.960. The standard InChI is InChI=1S/C12H13BrN2O3S2/c1-7-8(2)19-12(14-7)15-20(17,18)11-4-3-9(6-16)5-10(11)13/h3-5,16H,6H2,1-2H3,(H,14,15). The van der Waals surface area contributed by atoms with Crippen molar-refractivity contribution in [2.75, 3.05) is 4.72 Å². The summed E-state index contributed by atoms with van der Waals surface area (Å²) in [5, 5.41) is 9.38. The molecule has 0 aliphatic carbocycles.